The van der Waals surface area contributed by atoms with Gasteiger partial charge in [-0.2, -0.15) is 0 Å². The van der Waals surface area contributed by atoms with E-state index in [2.05, 4.69) is 0 Å². The van der Waals surface area contributed by atoms with E-state index in [1.165, 1.54) is 0 Å². The first-order valence-electron chi connectivity index (χ1n) is 3.56. The van der Waals surface area contributed by atoms with Crippen molar-refractivity contribution in [2.24, 2.45) is 0 Å². The molecule has 12 heavy (non-hydrogen) atoms. The van der Waals surface area contributed by atoms with Gasteiger partial charge in [0.15, 0.2) is 0 Å². The molecule has 0 rings (SSSR count). The van der Waals surface area contributed by atoms with Crippen molar-refractivity contribution in [3.63, 3.8) is 0 Å². The minimum atomic E-state index is -3.13. The number of hydrogen-bond donors (Lipinski definition) is 2. The van der Waals surface area contributed by atoms with Crippen molar-refractivity contribution in [2.45, 2.75) is 37.4 Å². The van der Waals surface area contributed by atoms with Crippen LogP contribution in [0.15, 0.2) is 0 Å². The van der Waals surface area contributed by atoms with Gasteiger partial charge in [-0.05, 0) is 26.7 Å². The van der Waals surface area contributed by atoms with E-state index in [4.69, 9.17) is 37.6 Å². The predicted molar refractivity (Wildman–Crippen MR) is 53.3 cm³/mol. The Morgan fingerprint density at radius 3 is 1.42 bits per heavy atom. The molecule has 2 unspecified atom stereocenters. The zero-order valence-electron chi connectivity index (χ0n) is 7.13. The van der Waals surface area contributed by atoms with E-state index in [0.29, 0.717) is 0 Å². The first-order valence-corrected chi connectivity index (χ1v) is 5.73. The normalized spacial score (nSPS) is 14.9. The summed E-state index contributed by atoms with van der Waals surface area (Å²) in [6.45, 7) is 3.97. The van der Waals surface area contributed by atoms with Gasteiger partial charge in [0.2, 0.25) is 0 Å². The van der Waals surface area contributed by atoms with Crippen LogP contribution in [0.5, 0.6) is 0 Å². The van der Waals surface area contributed by atoms with Gasteiger partial charge >= 0.3 is 8.25 Å². The van der Waals surface area contributed by atoms with Crippen LogP contribution in [-0.2, 0) is 4.57 Å². The zero-order valence-corrected chi connectivity index (χ0v) is 9.64. The molecule has 0 aromatic carbocycles. The summed E-state index contributed by atoms with van der Waals surface area (Å²) in [7, 11) is -3.13. The Morgan fingerprint density at radius 2 is 1.33 bits per heavy atom. The van der Waals surface area contributed by atoms with Crippen molar-refractivity contribution in [2.75, 3.05) is 0 Å². The molecule has 0 radical (unpaired) electrons. The molecule has 0 fully saturated rings. The van der Waals surface area contributed by atoms with Crippen LogP contribution in [-0.4, -0.2) is 20.5 Å². The molecule has 0 amide bonds. The predicted octanol–water partition coefficient (Wildman–Crippen LogP) is 2.38. The largest absolute Gasteiger partial charge is 0.326 e. The number of halogens is 2. The Hall–Kier alpha value is 0.730. The summed E-state index contributed by atoms with van der Waals surface area (Å²) in [5.41, 5.74) is 0. The lowest BCUT2D eigenvalue weighted by Gasteiger charge is -2.02. The second-order valence-electron chi connectivity index (χ2n) is 2.42. The molecule has 2 N–H and O–H groups in total. The SMILES string of the molecule is CC(Cl)CCC(C)Cl.O=[PH](O)O. The van der Waals surface area contributed by atoms with Crippen LogP contribution in [0.25, 0.3) is 0 Å². The molecule has 0 aliphatic carbocycles. The molecule has 2 atom stereocenters. The Bertz CT molecular complexity index is 107. The molecule has 0 aromatic rings. The van der Waals surface area contributed by atoms with Gasteiger partial charge in [-0.1, -0.05) is 0 Å². The maximum Gasteiger partial charge on any atom is 0.314 e. The minimum Gasteiger partial charge on any atom is -0.326 e. The molecular weight excluding hydrogens is 222 g/mol. The third kappa shape index (κ3) is 30.9. The summed E-state index contributed by atoms with van der Waals surface area (Å²) >= 11 is 11.3. The first-order chi connectivity index (χ1) is 5.36. The number of alkyl halides is 2. The molecule has 0 aliphatic heterocycles. The van der Waals surface area contributed by atoms with Gasteiger partial charge in [-0.25, -0.2) is 0 Å². The van der Waals surface area contributed by atoms with Gasteiger partial charge in [0.1, 0.15) is 0 Å². The van der Waals surface area contributed by atoms with Crippen LogP contribution in [0.2, 0.25) is 0 Å². The first kappa shape index (κ1) is 15.2. The van der Waals surface area contributed by atoms with E-state index in [9.17, 15) is 0 Å². The quantitative estimate of drug-likeness (QED) is 0.585. The molecule has 0 heterocycles. The van der Waals surface area contributed by atoms with Gasteiger partial charge in [0, 0.05) is 10.8 Å². The summed E-state index contributed by atoms with van der Waals surface area (Å²) in [5.74, 6) is 0. The van der Waals surface area contributed by atoms with Crippen LogP contribution >= 0.6 is 31.5 Å². The summed E-state index contributed by atoms with van der Waals surface area (Å²) in [4.78, 5) is 14.3. The number of hydrogen-bond acceptors (Lipinski definition) is 1. The molecule has 0 saturated carbocycles. The lowest BCUT2D eigenvalue weighted by atomic mass is 10.2. The van der Waals surface area contributed by atoms with Crippen LogP contribution in [0, 0.1) is 0 Å². The summed E-state index contributed by atoms with van der Waals surface area (Å²) in [5, 5.41) is 0.549. The molecule has 0 aliphatic rings. The topological polar surface area (TPSA) is 57.5 Å². The van der Waals surface area contributed by atoms with Crippen molar-refractivity contribution >= 4 is 31.5 Å². The molecule has 0 spiro atoms. The molecule has 0 aromatic heterocycles. The molecule has 6 heteroatoms. The lowest BCUT2D eigenvalue weighted by Crippen LogP contribution is -1.96. The fourth-order valence-electron chi connectivity index (χ4n) is 0.459. The smallest absolute Gasteiger partial charge is 0.314 e. The average molecular weight is 237 g/mol. The van der Waals surface area contributed by atoms with Gasteiger partial charge in [-0.15, -0.1) is 23.2 Å². The maximum atomic E-state index is 8.74. The van der Waals surface area contributed by atoms with Gasteiger partial charge in [0.05, 0.1) is 0 Å². The van der Waals surface area contributed by atoms with Crippen LogP contribution < -0.4 is 0 Å². The minimum absolute atomic E-state index is 0.274. The van der Waals surface area contributed by atoms with Crippen molar-refractivity contribution in [1.29, 1.82) is 0 Å². The second-order valence-corrected chi connectivity index (χ2v) is 4.48. The third-order valence-electron chi connectivity index (χ3n) is 0.962. The molecule has 76 valence electrons. The molecule has 0 bridgehead atoms. The molecular formula is C6H15Cl2O3P. The van der Waals surface area contributed by atoms with E-state index in [0.717, 1.165) is 12.8 Å². The number of rotatable bonds is 3. The van der Waals surface area contributed by atoms with E-state index >= 15 is 0 Å². The van der Waals surface area contributed by atoms with Crippen LogP contribution in [0.4, 0.5) is 0 Å². The third-order valence-corrected chi connectivity index (χ3v) is 1.40. The standard InChI is InChI=1S/C6H12Cl2.H3O3P/c1-5(7)3-4-6(2)8;1-4(2)3/h5-6H,3-4H2,1-2H3;4H,(H2,1,2,3). The summed E-state index contributed by atoms with van der Waals surface area (Å²) < 4.78 is 8.74. The lowest BCUT2D eigenvalue weighted by molar-refractivity contribution is 0.405. The van der Waals surface area contributed by atoms with Crippen molar-refractivity contribution in [3.8, 4) is 0 Å². The average Bonchev–Trinajstić information content (AvgIpc) is 1.82. The van der Waals surface area contributed by atoms with E-state index < -0.39 is 8.25 Å². The summed E-state index contributed by atoms with van der Waals surface area (Å²) in [6, 6.07) is 0. The fraction of sp³-hybridized carbons (Fsp3) is 1.00. The van der Waals surface area contributed by atoms with E-state index in [1.807, 2.05) is 13.8 Å². The van der Waals surface area contributed by atoms with Crippen LogP contribution in [0.3, 0.4) is 0 Å². The molecule has 0 saturated heterocycles. The summed E-state index contributed by atoms with van der Waals surface area (Å²) in [6.07, 6.45) is 2.04. The highest BCUT2D eigenvalue weighted by atomic mass is 35.5. The zero-order chi connectivity index (χ0) is 10.1. The Kier molecular flexibility index (Phi) is 12.4. The van der Waals surface area contributed by atoms with E-state index in [-0.39, 0.29) is 10.8 Å². The van der Waals surface area contributed by atoms with Crippen molar-refractivity contribution in [1.82, 2.24) is 0 Å². The maximum absolute atomic E-state index is 8.74. The van der Waals surface area contributed by atoms with Crippen molar-refractivity contribution < 1.29 is 14.4 Å². The Labute approximate surface area is 83.6 Å². The Balaban J connectivity index is 0. The highest BCUT2D eigenvalue weighted by molar-refractivity contribution is 7.30. The van der Waals surface area contributed by atoms with E-state index in [1.54, 1.807) is 0 Å². The highest BCUT2D eigenvalue weighted by Gasteiger charge is 1.99. The van der Waals surface area contributed by atoms with Crippen LogP contribution in [0.1, 0.15) is 26.7 Å². The Morgan fingerprint density at radius 1 is 1.17 bits per heavy atom. The highest BCUT2D eigenvalue weighted by Crippen LogP contribution is 2.09. The van der Waals surface area contributed by atoms with Crippen molar-refractivity contribution in [3.05, 3.63) is 0 Å². The fourth-order valence-corrected chi connectivity index (χ4v) is 0.711. The molecule has 3 nitrogen and oxygen atoms in total. The van der Waals surface area contributed by atoms with Gasteiger partial charge in [-0.3, -0.25) is 4.57 Å². The second kappa shape index (κ2) is 9.82. The van der Waals surface area contributed by atoms with Gasteiger partial charge in [0.25, 0.3) is 0 Å². The van der Waals surface area contributed by atoms with Gasteiger partial charge < -0.3 is 9.79 Å². The monoisotopic (exact) mass is 236 g/mol.